The SMILES string of the molecule is Cc1ccc(C)c(SCC(=O)OCC(=O)Nc2ccc(F)cc2F)c1. The minimum absolute atomic E-state index is 0.0580. The summed E-state index contributed by atoms with van der Waals surface area (Å²) in [5, 5.41) is 2.22. The van der Waals surface area contributed by atoms with Crippen LogP contribution < -0.4 is 5.32 Å². The highest BCUT2D eigenvalue weighted by molar-refractivity contribution is 8.00. The molecule has 7 heteroatoms. The maximum absolute atomic E-state index is 13.4. The molecule has 4 nitrogen and oxygen atoms in total. The Bertz CT molecular complexity index is 796. The molecule has 0 aliphatic rings. The number of benzene rings is 2. The predicted octanol–water partition coefficient (Wildman–Crippen LogP) is 3.86. The largest absolute Gasteiger partial charge is 0.455 e. The zero-order chi connectivity index (χ0) is 18.4. The molecule has 0 aromatic heterocycles. The standard InChI is InChI=1S/C18H17F2NO3S/c1-11-3-4-12(2)16(7-11)25-10-18(23)24-9-17(22)21-15-6-5-13(19)8-14(15)20/h3-8H,9-10H2,1-2H3,(H,21,22). The number of amides is 1. The first-order valence-electron chi connectivity index (χ1n) is 7.45. The van der Waals surface area contributed by atoms with Crippen molar-refractivity contribution in [2.24, 2.45) is 0 Å². The number of anilines is 1. The average molecular weight is 365 g/mol. The summed E-state index contributed by atoms with van der Waals surface area (Å²) in [7, 11) is 0. The molecule has 0 spiro atoms. The molecule has 25 heavy (non-hydrogen) atoms. The van der Waals surface area contributed by atoms with Crippen molar-refractivity contribution >= 4 is 29.3 Å². The number of halogens is 2. The second-order valence-corrected chi connectivity index (χ2v) is 6.41. The van der Waals surface area contributed by atoms with Crippen molar-refractivity contribution < 1.29 is 23.1 Å². The smallest absolute Gasteiger partial charge is 0.316 e. The van der Waals surface area contributed by atoms with Crippen LogP contribution in [0.15, 0.2) is 41.3 Å². The van der Waals surface area contributed by atoms with Crippen LogP contribution in [0.1, 0.15) is 11.1 Å². The van der Waals surface area contributed by atoms with E-state index in [-0.39, 0.29) is 11.4 Å². The van der Waals surface area contributed by atoms with Gasteiger partial charge in [0.1, 0.15) is 11.6 Å². The molecule has 0 radical (unpaired) electrons. The third-order valence-electron chi connectivity index (χ3n) is 3.26. The van der Waals surface area contributed by atoms with Crippen LogP contribution in [0, 0.1) is 25.5 Å². The zero-order valence-corrected chi connectivity index (χ0v) is 14.6. The Hall–Kier alpha value is -2.41. The normalized spacial score (nSPS) is 10.4. The molecule has 2 aromatic carbocycles. The Kier molecular flexibility index (Phi) is 6.52. The first kappa shape index (κ1) is 18.9. The summed E-state index contributed by atoms with van der Waals surface area (Å²) >= 11 is 1.32. The number of carbonyl (C=O) groups is 2. The summed E-state index contributed by atoms with van der Waals surface area (Å²) in [6.45, 7) is 3.36. The van der Waals surface area contributed by atoms with Crippen molar-refractivity contribution in [3.05, 3.63) is 59.2 Å². The fraction of sp³-hybridized carbons (Fsp3) is 0.222. The number of carbonyl (C=O) groups excluding carboxylic acids is 2. The van der Waals surface area contributed by atoms with Gasteiger partial charge in [0.15, 0.2) is 6.61 Å². The third kappa shape index (κ3) is 5.86. The second-order valence-electron chi connectivity index (χ2n) is 5.39. The van der Waals surface area contributed by atoms with E-state index in [1.54, 1.807) is 0 Å². The van der Waals surface area contributed by atoms with Crippen molar-refractivity contribution in [3.8, 4) is 0 Å². The van der Waals surface area contributed by atoms with Crippen molar-refractivity contribution in [1.82, 2.24) is 0 Å². The number of esters is 1. The predicted molar refractivity (Wildman–Crippen MR) is 92.6 cm³/mol. The maximum atomic E-state index is 13.4. The summed E-state index contributed by atoms with van der Waals surface area (Å²) in [4.78, 5) is 24.4. The topological polar surface area (TPSA) is 55.4 Å². The fourth-order valence-electron chi connectivity index (χ4n) is 1.96. The highest BCUT2D eigenvalue weighted by Crippen LogP contribution is 2.23. The Labute approximate surface area is 148 Å². The van der Waals surface area contributed by atoms with Crippen molar-refractivity contribution in [2.75, 3.05) is 17.7 Å². The highest BCUT2D eigenvalue weighted by atomic mass is 32.2. The van der Waals surface area contributed by atoms with Gasteiger partial charge in [-0.3, -0.25) is 9.59 Å². The van der Waals surface area contributed by atoms with Crippen LogP contribution >= 0.6 is 11.8 Å². The van der Waals surface area contributed by atoms with E-state index in [2.05, 4.69) is 5.32 Å². The number of rotatable bonds is 6. The van der Waals surface area contributed by atoms with E-state index in [0.717, 1.165) is 28.2 Å². The van der Waals surface area contributed by atoms with Crippen LogP contribution in [-0.2, 0) is 14.3 Å². The Balaban J connectivity index is 1.79. The summed E-state index contributed by atoms with van der Waals surface area (Å²) in [5.74, 6) is -2.84. The van der Waals surface area contributed by atoms with Crippen LogP contribution in [0.5, 0.6) is 0 Å². The van der Waals surface area contributed by atoms with Gasteiger partial charge in [0.2, 0.25) is 0 Å². The first-order chi connectivity index (χ1) is 11.8. The lowest BCUT2D eigenvalue weighted by Crippen LogP contribution is -2.22. The number of ether oxygens (including phenoxy) is 1. The lowest BCUT2D eigenvalue weighted by Gasteiger charge is -2.08. The van der Waals surface area contributed by atoms with Crippen molar-refractivity contribution in [2.45, 2.75) is 18.7 Å². The summed E-state index contributed by atoms with van der Waals surface area (Å²) < 4.78 is 31.1. The molecule has 0 fully saturated rings. The van der Waals surface area contributed by atoms with Gasteiger partial charge in [-0.25, -0.2) is 8.78 Å². The van der Waals surface area contributed by atoms with Crippen LogP contribution in [0.4, 0.5) is 14.5 Å². The van der Waals surface area contributed by atoms with E-state index < -0.39 is 30.1 Å². The molecule has 0 aliphatic carbocycles. The molecule has 0 aliphatic heterocycles. The van der Waals surface area contributed by atoms with Crippen LogP contribution in [0.3, 0.4) is 0 Å². The molecule has 0 unspecified atom stereocenters. The van der Waals surface area contributed by atoms with E-state index in [9.17, 15) is 18.4 Å². The van der Waals surface area contributed by atoms with Gasteiger partial charge >= 0.3 is 5.97 Å². The van der Waals surface area contributed by atoms with E-state index in [0.29, 0.717) is 6.07 Å². The Morgan fingerprint density at radius 1 is 1.12 bits per heavy atom. The van der Waals surface area contributed by atoms with Crippen LogP contribution in [0.2, 0.25) is 0 Å². The lowest BCUT2D eigenvalue weighted by atomic mass is 10.2. The number of hydrogen-bond donors (Lipinski definition) is 1. The molecule has 0 heterocycles. The van der Waals surface area contributed by atoms with Crippen molar-refractivity contribution in [3.63, 3.8) is 0 Å². The van der Waals surface area contributed by atoms with E-state index >= 15 is 0 Å². The quantitative estimate of drug-likeness (QED) is 0.624. The van der Waals surface area contributed by atoms with E-state index in [1.165, 1.54) is 11.8 Å². The van der Waals surface area contributed by atoms with E-state index in [1.807, 2.05) is 32.0 Å². The zero-order valence-electron chi connectivity index (χ0n) is 13.8. The van der Waals surface area contributed by atoms with Crippen molar-refractivity contribution in [1.29, 1.82) is 0 Å². The van der Waals surface area contributed by atoms with Gasteiger partial charge in [-0.15, -0.1) is 11.8 Å². The minimum atomic E-state index is -0.898. The van der Waals surface area contributed by atoms with Gasteiger partial charge in [-0.2, -0.15) is 0 Å². The number of hydrogen-bond acceptors (Lipinski definition) is 4. The van der Waals surface area contributed by atoms with Gasteiger partial charge < -0.3 is 10.1 Å². The minimum Gasteiger partial charge on any atom is -0.455 e. The van der Waals surface area contributed by atoms with Gasteiger partial charge in [-0.05, 0) is 37.6 Å². The molecular weight excluding hydrogens is 348 g/mol. The fourth-order valence-corrected chi connectivity index (χ4v) is 2.89. The monoisotopic (exact) mass is 365 g/mol. The van der Waals surface area contributed by atoms with Gasteiger partial charge in [-0.1, -0.05) is 17.7 Å². The number of thioether (sulfide) groups is 1. The summed E-state index contributed by atoms with van der Waals surface area (Å²) in [5.41, 5.74) is 1.96. The third-order valence-corrected chi connectivity index (χ3v) is 4.39. The lowest BCUT2D eigenvalue weighted by molar-refractivity contribution is -0.144. The number of aryl methyl sites for hydroxylation is 2. The molecule has 0 saturated heterocycles. The molecule has 1 N–H and O–H groups in total. The molecule has 2 aromatic rings. The average Bonchev–Trinajstić information content (AvgIpc) is 2.56. The van der Waals surface area contributed by atoms with Crippen LogP contribution in [0.25, 0.3) is 0 Å². The van der Waals surface area contributed by atoms with Gasteiger partial charge in [0, 0.05) is 11.0 Å². The molecule has 0 bridgehead atoms. The molecular formula is C18H17F2NO3S. The first-order valence-corrected chi connectivity index (χ1v) is 8.44. The number of nitrogens with one attached hydrogen (secondary N) is 1. The summed E-state index contributed by atoms with van der Waals surface area (Å²) in [6.07, 6.45) is 0. The van der Waals surface area contributed by atoms with Gasteiger partial charge in [0.05, 0.1) is 11.4 Å². The van der Waals surface area contributed by atoms with Crippen LogP contribution in [-0.4, -0.2) is 24.2 Å². The maximum Gasteiger partial charge on any atom is 0.316 e. The molecule has 0 atom stereocenters. The highest BCUT2D eigenvalue weighted by Gasteiger charge is 2.12. The molecule has 2 rings (SSSR count). The Morgan fingerprint density at radius 3 is 2.60 bits per heavy atom. The molecule has 1 amide bonds. The van der Waals surface area contributed by atoms with E-state index in [4.69, 9.17) is 4.74 Å². The molecule has 132 valence electrons. The van der Waals surface area contributed by atoms with Gasteiger partial charge in [0.25, 0.3) is 5.91 Å². The molecule has 0 saturated carbocycles. The second kappa shape index (κ2) is 8.62. The summed E-state index contributed by atoms with van der Waals surface area (Å²) in [6, 6.07) is 8.69. The Morgan fingerprint density at radius 2 is 1.88 bits per heavy atom.